The quantitative estimate of drug-likeness (QED) is 0.808. The third kappa shape index (κ3) is 2.15. The standard InChI is InChI=1S/C15H21N3/c1-3-17-8-6-13(7-9-17)14-11-18-10-12(2)4-5-15(18)16-14/h4-5,10-11,13H,3,6-9H2,1-2H3. The Kier molecular flexibility index (Phi) is 3.08. The van der Waals surface area contributed by atoms with E-state index in [1.807, 2.05) is 0 Å². The second kappa shape index (κ2) is 4.73. The minimum atomic E-state index is 0.646. The summed E-state index contributed by atoms with van der Waals surface area (Å²) in [4.78, 5) is 7.30. The molecule has 3 rings (SSSR count). The number of piperidine rings is 1. The van der Waals surface area contributed by atoms with E-state index in [2.05, 4.69) is 47.7 Å². The maximum atomic E-state index is 4.77. The molecule has 18 heavy (non-hydrogen) atoms. The van der Waals surface area contributed by atoms with E-state index in [0.717, 1.165) is 5.65 Å². The van der Waals surface area contributed by atoms with Gasteiger partial charge in [0.2, 0.25) is 0 Å². The summed E-state index contributed by atoms with van der Waals surface area (Å²) in [6.45, 7) is 7.98. The molecule has 0 aliphatic carbocycles. The van der Waals surface area contributed by atoms with Crippen LogP contribution in [0.5, 0.6) is 0 Å². The highest BCUT2D eigenvalue weighted by molar-refractivity contribution is 5.41. The molecular weight excluding hydrogens is 222 g/mol. The smallest absolute Gasteiger partial charge is 0.136 e. The molecule has 3 heterocycles. The molecule has 0 unspecified atom stereocenters. The molecule has 0 amide bonds. The lowest BCUT2D eigenvalue weighted by Crippen LogP contribution is -2.32. The fourth-order valence-electron chi connectivity index (χ4n) is 2.86. The van der Waals surface area contributed by atoms with Crippen LogP contribution in [-0.4, -0.2) is 33.9 Å². The van der Waals surface area contributed by atoms with Gasteiger partial charge < -0.3 is 9.30 Å². The minimum absolute atomic E-state index is 0.646. The molecule has 0 saturated carbocycles. The molecule has 3 heteroatoms. The SMILES string of the molecule is CCN1CCC(c2cn3cc(C)ccc3n2)CC1. The summed E-state index contributed by atoms with van der Waals surface area (Å²) < 4.78 is 2.16. The van der Waals surface area contributed by atoms with Crippen molar-refractivity contribution >= 4 is 5.65 Å². The number of fused-ring (bicyclic) bond motifs is 1. The second-order valence-electron chi connectivity index (χ2n) is 5.35. The predicted molar refractivity (Wildman–Crippen MR) is 74.0 cm³/mol. The van der Waals surface area contributed by atoms with Gasteiger partial charge in [-0.3, -0.25) is 0 Å². The van der Waals surface area contributed by atoms with Gasteiger partial charge in [0.05, 0.1) is 5.69 Å². The summed E-state index contributed by atoms with van der Waals surface area (Å²) >= 11 is 0. The Morgan fingerprint density at radius 1 is 1.22 bits per heavy atom. The number of hydrogen-bond acceptors (Lipinski definition) is 2. The van der Waals surface area contributed by atoms with Crippen LogP contribution >= 0.6 is 0 Å². The predicted octanol–water partition coefficient (Wildman–Crippen LogP) is 2.84. The Balaban J connectivity index is 1.82. The van der Waals surface area contributed by atoms with E-state index in [4.69, 9.17) is 4.98 Å². The maximum Gasteiger partial charge on any atom is 0.136 e. The van der Waals surface area contributed by atoms with Gasteiger partial charge in [0.1, 0.15) is 5.65 Å². The summed E-state index contributed by atoms with van der Waals surface area (Å²) in [5.74, 6) is 0.646. The average molecular weight is 243 g/mol. The van der Waals surface area contributed by atoms with E-state index >= 15 is 0 Å². The Bertz CT molecular complexity index is 536. The van der Waals surface area contributed by atoms with Crippen LogP contribution in [0.4, 0.5) is 0 Å². The van der Waals surface area contributed by atoms with Crippen LogP contribution in [0, 0.1) is 6.92 Å². The van der Waals surface area contributed by atoms with Crippen molar-refractivity contribution in [2.45, 2.75) is 32.6 Å². The molecule has 0 bridgehead atoms. The molecule has 2 aromatic heterocycles. The molecule has 96 valence electrons. The Labute approximate surface area is 108 Å². The maximum absolute atomic E-state index is 4.77. The number of likely N-dealkylation sites (tertiary alicyclic amines) is 1. The van der Waals surface area contributed by atoms with Crippen molar-refractivity contribution in [3.8, 4) is 0 Å². The molecule has 0 N–H and O–H groups in total. The zero-order chi connectivity index (χ0) is 12.5. The molecule has 0 atom stereocenters. The van der Waals surface area contributed by atoms with Crippen molar-refractivity contribution < 1.29 is 0 Å². The van der Waals surface area contributed by atoms with E-state index in [1.165, 1.54) is 43.7 Å². The van der Waals surface area contributed by atoms with Gasteiger partial charge in [-0.25, -0.2) is 4.98 Å². The van der Waals surface area contributed by atoms with Gasteiger partial charge in [-0.1, -0.05) is 13.0 Å². The molecule has 3 nitrogen and oxygen atoms in total. The average Bonchev–Trinajstić information content (AvgIpc) is 2.81. The van der Waals surface area contributed by atoms with E-state index in [1.54, 1.807) is 0 Å². The number of nitrogens with zero attached hydrogens (tertiary/aromatic N) is 3. The lowest BCUT2D eigenvalue weighted by molar-refractivity contribution is 0.221. The van der Waals surface area contributed by atoms with Gasteiger partial charge in [-0.05, 0) is 51.0 Å². The molecule has 0 spiro atoms. The summed E-state index contributed by atoms with van der Waals surface area (Å²) in [6.07, 6.45) is 6.87. The first-order chi connectivity index (χ1) is 8.76. The Morgan fingerprint density at radius 2 is 2.00 bits per heavy atom. The first kappa shape index (κ1) is 11.7. The highest BCUT2D eigenvalue weighted by atomic mass is 15.1. The lowest BCUT2D eigenvalue weighted by atomic mass is 9.94. The van der Waals surface area contributed by atoms with Gasteiger partial charge in [0.25, 0.3) is 0 Å². The highest BCUT2D eigenvalue weighted by Crippen LogP contribution is 2.27. The van der Waals surface area contributed by atoms with Crippen LogP contribution in [-0.2, 0) is 0 Å². The van der Waals surface area contributed by atoms with Gasteiger partial charge in [-0.2, -0.15) is 0 Å². The number of aryl methyl sites for hydroxylation is 1. The van der Waals surface area contributed by atoms with Crippen molar-refractivity contribution in [3.05, 3.63) is 35.8 Å². The van der Waals surface area contributed by atoms with Gasteiger partial charge in [0, 0.05) is 18.3 Å². The Morgan fingerprint density at radius 3 is 2.72 bits per heavy atom. The van der Waals surface area contributed by atoms with Gasteiger partial charge in [0.15, 0.2) is 0 Å². The molecule has 1 aliphatic heterocycles. The van der Waals surface area contributed by atoms with Gasteiger partial charge >= 0.3 is 0 Å². The zero-order valence-electron chi connectivity index (χ0n) is 11.3. The minimum Gasteiger partial charge on any atom is -0.307 e. The van der Waals surface area contributed by atoms with Gasteiger partial charge in [-0.15, -0.1) is 0 Å². The third-order valence-electron chi connectivity index (χ3n) is 4.07. The first-order valence-corrected chi connectivity index (χ1v) is 6.94. The fraction of sp³-hybridized carbons (Fsp3) is 0.533. The van der Waals surface area contributed by atoms with Crippen LogP contribution < -0.4 is 0 Å². The first-order valence-electron chi connectivity index (χ1n) is 6.94. The van der Waals surface area contributed by atoms with Crippen LogP contribution in [0.2, 0.25) is 0 Å². The van der Waals surface area contributed by atoms with Crippen molar-refractivity contribution in [3.63, 3.8) is 0 Å². The number of aromatic nitrogens is 2. The van der Waals surface area contributed by atoms with Crippen LogP contribution in [0.15, 0.2) is 24.5 Å². The molecule has 0 aromatic carbocycles. The van der Waals surface area contributed by atoms with E-state index < -0.39 is 0 Å². The van der Waals surface area contributed by atoms with Crippen molar-refractivity contribution in [2.24, 2.45) is 0 Å². The van der Waals surface area contributed by atoms with Crippen LogP contribution in [0.1, 0.15) is 36.9 Å². The number of rotatable bonds is 2. The van der Waals surface area contributed by atoms with E-state index in [-0.39, 0.29) is 0 Å². The topological polar surface area (TPSA) is 20.5 Å². The lowest BCUT2D eigenvalue weighted by Gasteiger charge is -2.30. The number of pyridine rings is 1. The third-order valence-corrected chi connectivity index (χ3v) is 4.07. The molecular formula is C15H21N3. The van der Waals surface area contributed by atoms with Crippen molar-refractivity contribution in [1.82, 2.24) is 14.3 Å². The summed E-state index contributed by atoms with van der Waals surface area (Å²) in [6, 6.07) is 4.24. The molecule has 2 aromatic rings. The summed E-state index contributed by atoms with van der Waals surface area (Å²) in [5, 5.41) is 0. The zero-order valence-corrected chi connectivity index (χ0v) is 11.3. The monoisotopic (exact) mass is 243 g/mol. The highest BCUT2D eigenvalue weighted by Gasteiger charge is 2.21. The van der Waals surface area contributed by atoms with Crippen LogP contribution in [0.25, 0.3) is 5.65 Å². The normalized spacial score (nSPS) is 18.6. The number of imidazole rings is 1. The van der Waals surface area contributed by atoms with Crippen molar-refractivity contribution in [1.29, 1.82) is 0 Å². The summed E-state index contributed by atoms with van der Waals surface area (Å²) in [7, 11) is 0. The molecule has 1 aliphatic rings. The molecule has 0 radical (unpaired) electrons. The van der Waals surface area contributed by atoms with E-state index in [9.17, 15) is 0 Å². The fourth-order valence-corrected chi connectivity index (χ4v) is 2.86. The molecule has 1 fully saturated rings. The van der Waals surface area contributed by atoms with Crippen molar-refractivity contribution in [2.75, 3.05) is 19.6 Å². The Hall–Kier alpha value is -1.35. The summed E-state index contributed by atoms with van der Waals surface area (Å²) in [5.41, 5.74) is 3.64. The van der Waals surface area contributed by atoms with Crippen LogP contribution in [0.3, 0.4) is 0 Å². The number of hydrogen-bond donors (Lipinski definition) is 0. The largest absolute Gasteiger partial charge is 0.307 e. The molecule has 1 saturated heterocycles. The second-order valence-corrected chi connectivity index (χ2v) is 5.35. The van der Waals surface area contributed by atoms with E-state index in [0.29, 0.717) is 5.92 Å².